The second-order valence-electron chi connectivity index (χ2n) is 6.02. The average molecular weight is 433 g/mol. The van der Waals surface area contributed by atoms with E-state index in [0.29, 0.717) is 0 Å². The second-order valence-corrected chi connectivity index (χ2v) is 8.51. The van der Waals surface area contributed by atoms with Gasteiger partial charge in [-0.3, -0.25) is 0 Å². The lowest BCUT2D eigenvalue weighted by atomic mass is 10.0. The molecule has 1 aliphatic heterocycles. The molecule has 0 bridgehead atoms. The summed E-state index contributed by atoms with van der Waals surface area (Å²) in [6.45, 7) is 0. The van der Waals surface area contributed by atoms with Crippen LogP contribution in [0.1, 0.15) is 16.0 Å². The Morgan fingerprint density at radius 2 is 1.33 bits per heavy atom. The molecule has 0 N–H and O–H groups in total. The van der Waals surface area contributed by atoms with Crippen molar-refractivity contribution < 1.29 is 4.74 Å². The van der Waals surface area contributed by atoms with Gasteiger partial charge in [-0.2, -0.15) is 0 Å². The van der Waals surface area contributed by atoms with Crippen molar-refractivity contribution in [1.82, 2.24) is 0 Å². The number of thiophene rings is 1. The summed E-state index contributed by atoms with van der Waals surface area (Å²) in [5.41, 5.74) is 3.23. The van der Waals surface area contributed by atoms with Crippen molar-refractivity contribution in [2.75, 3.05) is 0 Å². The summed E-state index contributed by atoms with van der Waals surface area (Å²) < 4.78 is 7.35. The first kappa shape index (κ1) is 17.8. The standard InChI is InChI=1S/C24H17BrOS/c25-24-15-14-21(27-24)13-7-8-18-16-22(19-9-3-1-4-10-19)26-23(17-18)20-11-5-2-6-12-20/h1-17H/b13-7+. The predicted octanol–water partition coefficient (Wildman–Crippen LogP) is 7.56. The van der Waals surface area contributed by atoms with Gasteiger partial charge in [-0.25, -0.2) is 0 Å². The third-order valence-corrected chi connectivity index (χ3v) is 5.66. The van der Waals surface area contributed by atoms with Gasteiger partial charge in [0.25, 0.3) is 0 Å². The monoisotopic (exact) mass is 432 g/mol. The Labute approximate surface area is 171 Å². The first-order valence-corrected chi connectivity index (χ1v) is 10.2. The van der Waals surface area contributed by atoms with Crippen LogP contribution in [0.3, 0.4) is 0 Å². The van der Waals surface area contributed by atoms with Gasteiger partial charge in [-0.1, -0.05) is 72.8 Å². The highest BCUT2D eigenvalue weighted by Gasteiger charge is 2.14. The Balaban J connectivity index is 1.68. The fraction of sp³-hybridized carbons (Fsp3) is 0. The van der Waals surface area contributed by atoms with E-state index in [1.54, 1.807) is 11.3 Å². The van der Waals surface area contributed by atoms with Crippen molar-refractivity contribution >= 4 is 44.9 Å². The molecule has 0 aliphatic carbocycles. The van der Waals surface area contributed by atoms with Crippen LogP contribution >= 0.6 is 27.3 Å². The lowest BCUT2D eigenvalue weighted by molar-refractivity contribution is 0.467. The van der Waals surface area contributed by atoms with E-state index < -0.39 is 0 Å². The third kappa shape index (κ3) is 4.57. The van der Waals surface area contributed by atoms with Crippen LogP contribution in [-0.4, -0.2) is 0 Å². The first-order chi connectivity index (χ1) is 13.3. The van der Waals surface area contributed by atoms with Gasteiger partial charge < -0.3 is 4.74 Å². The molecule has 0 saturated heterocycles. The molecule has 3 aromatic rings. The lowest BCUT2D eigenvalue weighted by Gasteiger charge is -2.18. The molecule has 0 radical (unpaired) electrons. The molecule has 2 aromatic carbocycles. The largest absolute Gasteiger partial charge is 0.456 e. The molecular weight excluding hydrogens is 416 g/mol. The molecule has 1 aliphatic rings. The van der Waals surface area contributed by atoms with Crippen LogP contribution in [-0.2, 0) is 4.74 Å². The highest BCUT2D eigenvalue weighted by atomic mass is 79.9. The van der Waals surface area contributed by atoms with Crippen LogP contribution in [0.25, 0.3) is 17.6 Å². The van der Waals surface area contributed by atoms with E-state index >= 15 is 0 Å². The van der Waals surface area contributed by atoms with E-state index in [4.69, 9.17) is 4.74 Å². The molecule has 27 heavy (non-hydrogen) atoms. The summed E-state index contributed by atoms with van der Waals surface area (Å²) in [5, 5.41) is 0. The SMILES string of the molecule is Brc1ccc(/C=C/C=C2C=C(c3ccccc3)OC(c3ccccc3)=C2)s1. The Hall–Kier alpha value is -2.62. The number of hydrogen-bond acceptors (Lipinski definition) is 2. The Morgan fingerprint density at radius 1 is 0.741 bits per heavy atom. The number of allylic oxidation sites excluding steroid dienone is 5. The quantitative estimate of drug-likeness (QED) is 0.413. The van der Waals surface area contributed by atoms with E-state index in [1.165, 1.54) is 4.88 Å². The van der Waals surface area contributed by atoms with Crippen LogP contribution in [0.15, 0.2) is 106 Å². The summed E-state index contributed by atoms with van der Waals surface area (Å²) in [6, 6.07) is 24.6. The summed E-state index contributed by atoms with van der Waals surface area (Å²) in [5.74, 6) is 1.71. The Morgan fingerprint density at radius 3 is 1.85 bits per heavy atom. The number of ether oxygens (including phenoxy) is 1. The predicted molar refractivity (Wildman–Crippen MR) is 119 cm³/mol. The van der Waals surface area contributed by atoms with Gasteiger partial charge >= 0.3 is 0 Å². The van der Waals surface area contributed by atoms with Gasteiger partial charge in [-0.15, -0.1) is 11.3 Å². The Bertz CT molecular complexity index is 983. The fourth-order valence-corrected chi connectivity index (χ4v) is 4.12. The molecule has 0 spiro atoms. The molecule has 0 fully saturated rings. The topological polar surface area (TPSA) is 9.23 Å². The van der Waals surface area contributed by atoms with E-state index in [9.17, 15) is 0 Å². The molecule has 132 valence electrons. The van der Waals surface area contributed by atoms with Gasteiger partial charge in [0, 0.05) is 16.0 Å². The molecule has 0 amide bonds. The molecule has 0 unspecified atom stereocenters. The maximum Gasteiger partial charge on any atom is 0.135 e. The Kier molecular flexibility index (Phi) is 5.52. The van der Waals surface area contributed by atoms with E-state index in [1.807, 2.05) is 36.4 Å². The molecule has 0 atom stereocenters. The van der Waals surface area contributed by atoms with Crippen LogP contribution in [0.2, 0.25) is 0 Å². The zero-order chi connectivity index (χ0) is 18.5. The number of halogens is 1. The lowest BCUT2D eigenvalue weighted by Crippen LogP contribution is -1.99. The van der Waals surface area contributed by atoms with Gasteiger partial charge in [0.15, 0.2) is 0 Å². The summed E-state index contributed by atoms with van der Waals surface area (Å²) >= 11 is 5.22. The minimum atomic E-state index is 0.857. The number of rotatable bonds is 4. The summed E-state index contributed by atoms with van der Waals surface area (Å²) in [7, 11) is 0. The molecule has 3 heteroatoms. The average Bonchev–Trinajstić information content (AvgIpc) is 3.14. The van der Waals surface area contributed by atoms with Gasteiger partial charge in [0.1, 0.15) is 11.5 Å². The molecule has 0 saturated carbocycles. The van der Waals surface area contributed by atoms with Crippen LogP contribution in [0.4, 0.5) is 0 Å². The van der Waals surface area contributed by atoms with Crippen LogP contribution in [0, 0.1) is 0 Å². The van der Waals surface area contributed by atoms with E-state index in [-0.39, 0.29) is 0 Å². The zero-order valence-electron chi connectivity index (χ0n) is 14.5. The molecule has 1 aromatic heterocycles. The van der Waals surface area contributed by atoms with Crippen LogP contribution in [0.5, 0.6) is 0 Å². The highest BCUT2D eigenvalue weighted by Crippen LogP contribution is 2.32. The molecule has 1 nitrogen and oxygen atoms in total. The van der Waals surface area contributed by atoms with Crippen molar-refractivity contribution in [3.8, 4) is 0 Å². The maximum absolute atomic E-state index is 6.21. The fourth-order valence-electron chi connectivity index (χ4n) is 2.78. The van der Waals surface area contributed by atoms with Crippen LogP contribution < -0.4 is 0 Å². The normalized spacial score (nSPS) is 13.9. The van der Waals surface area contributed by atoms with Gasteiger partial charge in [0.05, 0.1) is 3.79 Å². The molecule has 4 rings (SSSR count). The van der Waals surface area contributed by atoms with Crippen molar-refractivity contribution in [1.29, 1.82) is 0 Å². The summed E-state index contributed by atoms with van der Waals surface area (Å²) in [4.78, 5) is 1.21. The number of benzene rings is 2. The first-order valence-electron chi connectivity index (χ1n) is 8.64. The maximum atomic E-state index is 6.21. The van der Waals surface area contributed by atoms with Gasteiger partial charge in [0.2, 0.25) is 0 Å². The van der Waals surface area contributed by atoms with Crippen molar-refractivity contribution in [2.24, 2.45) is 0 Å². The van der Waals surface area contributed by atoms with Crippen molar-refractivity contribution in [2.45, 2.75) is 0 Å². The smallest absolute Gasteiger partial charge is 0.135 e. The molecule has 2 heterocycles. The van der Waals surface area contributed by atoms with E-state index in [0.717, 1.165) is 32.0 Å². The zero-order valence-corrected chi connectivity index (χ0v) is 16.9. The second kappa shape index (κ2) is 8.38. The minimum Gasteiger partial charge on any atom is -0.456 e. The summed E-state index contributed by atoms with van der Waals surface area (Å²) in [6.07, 6.45) is 10.5. The highest BCUT2D eigenvalue weighted by molar-refractivity contribution is 9.11. The minimum absolute atomic E-state index is 0.857. The van der Waals surface area contributed by atoms with Crippen molar-refractivity contribution in [3.63, 3.8) is 0 Å². The third-order valence-electron chi connectivity index (χ3n) is 4.08. The number of hydrogen-bond donors (Lipinski definition) is 0. The van der Waals surface area contributed by atoms with E-state index in [2.05, 4.69) is 82.7 Å². The molecular formula is C24H17BrOS. The van der Waals surface area contributed by atoms with Gasteiger partial charge in [-0.05, 0) is 51.9 Å². The van der Waals surface area contributed by atoms with Crippen molar-refractivity contribution in [3.05, 3.63) is 122 Å².